The topological polar surface area (TPSA) is 50.7 Å². The number of nitrogens with one attached hydrogen (secondary N) is 1. The summed E-state index contributed by atoms with van der Waals surface area (Å²) in [5, 5.41) is 3.06. The first kappa shape index (κ1) is 9.15. The summed E-state index contributed by atoms with van der Waals surface area (Å²) in [6.45, 7) is 1.98. The molecule has 0 saturated heterocycles. The maximum Gasteiger partial charge on any atom is 0.205 e. The van der Waals surface area contributed by atoms with Crippen LogP contribution >= 0.6 is 0 Å². The monoisotopic (exact) mass is 192 g/mol. The summed E-state index contributed by atoms with van der Waals surface area (Å²) in [6, 6.07) is 0.137. The highest BCUT2D eigenvalue weighted by molar-refractivity contribution is 6.19. The Morgan fingerprint density at radius 1 is 1.57 bits per heavy atom. The van der Waals surface area contributed by atoms with Gasteiger partial charge in [-0.3, -0.25) is 4.79 Å². The lowest BCUT2D eigenvalue weighted by Gasteiger charge is -2.15. The van der Waals surface area contributed by atoms with Crippen molar-refractivity contribution in [2.24, 2.45) is 4.99 Å². The lowest BCUT2D eigenvalue weighted by molar-refractivity contribution is -0.110. The van der Waals surface area contributed by atoms with E-state index in [0.717, 1.165) is 5.71 Å². The summed E-state index contributed by atoms with van der Waals surface area (Å²) >= 11 is 0. The lowest BCUT2D eigenvalue weighted by Crippen LogP contribution is -2.33. The third kappa shape index (κ3) is 1.48. The van der Waals surface area contributed by atoms with Crippen LogP contribution in [0.1, 0.15) is 6.92 Å². The summed E-state index contributed by atoms with van der Waals surface area (Å²) in [4.78, 5) is 15.4. The van der Waals surface area contributed by atoms with Crippen molar-refractivity contribution >= 4 is 11.5 Å². The van der Waals surface area contributed by atoms with Crippen LogP contribution in [-0.4, -0.2) is 30.8 Å². The molecule has 2 aliphatic rings. The number of ether oxygens (including phenoxy) is 1. The Balaban J connectivity index is 2.20. The molecule has 1 aliphatic heterocycles. The molecular formula is C10H12N2O2. The predicted molar refractivity (Wildman–Crippen MR) is 53.1 cm³/mol. The molecule has 2 atom stereocenters. The van der Waals surface area contributed by atoms with Crippen molar-refractivity contribution in [3.05, 3.63) is 24.0 Å². The van der Waals surface area contributed by atoms with Gasteiger partial charge >= 0.3 is 0 Å². The van der Waals surface area contributed by atoms with Crippen LogP contribution in [0.2, 0.25) is 0 Å². The van der Waals surface area contributed by atoms with Gasteiger partial charge in [0.05, 0.1) is 6.04 Å². The second-order valence-electron chi connectivity index (χ2n) is 3.34. The van der Waals surface area contributed by atoms with E-state index in [0.29, 0.717) is 5.76 Å². The first-order valence-electron chi connectivity index (χ1n) is 4.56. The van der Waals surface area contributed by atoms with E-state index in [4.69, 9.17) is 4.74 Å². The second-order valence-corrected chi connectivity index (χ2v) is 3.34. The highest BCUT2D eigenvalue weighted by Crippen LogP contribution is 2.21. The van der Waals surface area contributed by atoms with Crippen LogP contribution in [0.15, 0.2) is 29.0 Å². The molecular weight excluding hydrogens is 180 g/mol. The van der Waals surface area contributed by atoms with Crippen LogP contribution in [0.4, 0.5) is 0 Å². The minimum atomic E-state index is -0.225. The molecule has 0 saturated carbocycles. The normalized spacial score (nSPS) is 26.4. The molecule has 0 spiro atoms. The van der Waals surface area contributed by atoms with E-state index in [-0.39, 0.29) is 18.1 Å². The molecule has 0 amide bonds. The number of rotatable bonds is 2. The van der Waals surface area contributed by atoms with Gasteiger partial charge in [0.15, 0.2) is 11.5 Å². The number of likely N-dealkylation sites (N-methyl/N-ethyl adjacent to an activating group) is 1. The number of nitrogens with zero attached hydrogens (tertiary/aromatic N) is 1. The van der Waals surface area contributed by atoms with Gasteiger partial charge in [0.2, 0.25) is 6.23 Å². The van der Waals surface area contributed by atoms with Gasteiger partial charge in [0, 0.05) is 6.08 Å². The first-order chi connectivity index (χ1) is 6.70. The van der Waals surface area contributed by atoms with Crippen molar-refractivity contribution in [3.8, 4) is 0 Å². The number of fused-ring (bicyclic) bond motifs is 1. The zero-order valence-corrected chi connectivity index (χ0v) is 8.15. The van der Waals surface area contributed by atoms with Crippen molar-refractivity contribution in [2.45, 2.75) is 19.2 Å². The van der Waals surface area contributed by atoms with E-state index in [1.165, 1.54) is 12.2 Å². The van der Waals surface area contributed by atoms with Gasteiger partial charge in [-0.05, 0) is 26.1 Å². The van der Waals surface area contributed by atoms with Gasteiger partial charge in [0.1, 0.15) is 5.71 Å². The van der Waals surface area contributed by atoms with Crippen molar-refractivity contribution in [1.82, 2.24) is 5.32 Å². The molecule has 0 fully saturated rings. The molecule has 2 rings (SSSR count). The van der Waals surface area contributed by atoms with Crippen LogP contribution in [0.3, 0.4) is 0 Å². The Morgan fingerprint density at radius 2 is 2.36 bits per heavy atom. The standard InChI is InChI=1S/C10H12N2O2/c1-6(11-2)10-12-8-4-3-7(13)5-9(8)14-10/h3-6,10-11H,1-2H3. The highest BCUT2D eigenvalue weighted by Gasteiger charge is 2.28. The number of hydrogen-bond acceptors (Lipinski definition) is 4. The van der Waals surface area contributed by atoms with Gasteiger partial charge in [-0.25, -0.2) is 4.99 Å². The van der Waals surface area contributed by atoms with Gasteiger partial charge in [-0.15, -0.1) is 0 Å². The fraction of sp³-hybridized carbons (Fsp3) is 0.400. The summed E-state index contributed by atoms with van der Waals surface area (Å²) in [7, 11) is 1.85. The summed E-state index contributed by atoms with van der Waals surface area (Å²) in [5.74, 6) is 0.543. The fourth-order valence-corrected chi connectivity index (χ4v) is 1.35. The van der Waals surface area contributed by atoms with Crippen LogP contribution < -0.4 is 5.32 Å². The minimum Gasteiger partial charge on any atom is -0.465 e. The van der Waals surface area contributed by atoms with E-state index in [9.17, 15) is 4.79 Å². The molecule has 4 nitrogen and oxygen atoms in total. The lowest BCUT2D eigenvalue weighted by atomic mass is 10.1. The Hall–Kier alpha value is -1.42. The molecule has 1 heterocycles. The minimum absolute atomic E-state index is 0.0447. The summed E-state index contributed by atoms with van der Waals surface area (Å²) in [6.07, 6.45) is 4.44. The molecule has 0 aromatic carbocycles. The molecule has 0 aromatic rings. The number of aliphatic imine (C=N–C) groups is 1. The van der Waals surface area contributed by atoms with Crippen LogP contribution in [0.25, 0.3) is 0 Å². The van der Waals surface area contributed by atoms with E-state index < -0.39 is 0 Å². The third-order valence-corrected chi connectivity index (χ3v) is 2.33. The molecule has 0 aromatic heterocycles. The number of hydrogen-bond donors (Lipinski definition) is 1. The second kappa shape index (κ2) is 3.38. The molecule has 2 unspecified atom stereocenters. The third-order valence-electron chi connectivity index (χ3n) is 2.33. The molecule has 1 N–H and O–H groups in total. The maximum atomic E-state index is 11.0. The van der Waals surface area contributed by atoms with E-state index in [2.05, 4.69) is 10.3 Å². The number of carbonyl (C=O) groups is 1. The summed E-state index contributed by atoms with van der Waals surface area (Å²) < 4.78 is 5.51. The number of carbonyl (C=O) groups excluding carboxylic acids is 1. The summed E-state index contributed by atoms with van der Waals surface area (Å²) in [5.41, 5.74) is 0.761. The van der Waals surface area contributed by atoms with E-state index in [1.54, 1.807) is 6.08 Å². The van der Waals surface area contributed by atoms with Gasteiger partial charge in [-0.1, -0.05) is 0 Å². The number of allylic oxidation sites excluding steroid dienone is 3. The Kier molecular flexibility index (Phi) is 2.21. The zero-order chi connectivity index (χ0) is 10.1. The Bertz CT molecular complexity index is 355. The van der Waals surface area contributed by atoms with Crippen molar-refractivity contribution in [3.63, 3.8) is 0 Å². The van der Waals surface area contributed by atoms with Crippen molar-refractivity contribution in [2.75, 3.05) is 7.05 Å². The molecule has 0 bridgehead atoms. The average Bonchev–Trinajstić information content (AvgIpc) is 2.59. The van der Waals surface area contributed by atoms with Gasteiger partial charge < -0.3 is 10.1 Å². The SMILES string of the molecule is CNC(C)C1N=C2C=CC(=O)C=C2O1. The highest BCUT2D eigenvalue weighted by atomic mass is 16.5. The van der Waals surface area contributed by atoms with Crippen molar-refractivity contribution in [1.29, 1.82) is 0 Å². The zero-order valence-electron chi connectivity index (χ0n) is 8.15. The number of ketones is 1. The predicted octanol–water partition coefficient (Wildman–Crippen LogP) is 0.414. The smallest absolute Gasteiger partial charge is 0.205 e. The van der Waals surface area contributed by atoms with Crippen LogP contribution in [0.5, 0.6) is 0 Å². The van der Waals surface area contributed by atoms with Crippen molar-refractivity contribution < 1.29 is 9.53 Å². The molecule has 4 heteroatoms. The Morgan fingerprint density at radius 3 is 3.07 bits per heavy atom. The largest absolute Gasteiger partial charge is 0.465 e. The molecule has 1 aliphatic carbocycles. The first-order valence-corrected chi connectivity index (χ1v) is 4.56. The fourth-order valence-electron chi connectivity index (χ4n) is 1.35. The average molecular weight is 192 g/mol. The van der Waals surface area contributed by atoms with Crippen LogP contribution in [0, 0.1) is 0 Å². The van der Waals surface area contributed by atoms with Crippen LogP contribution in [-0.2, 0) is 9.53 Å². The maximum absolute atomic E-state index is 11.0. The quantitative estimate of drug-likeness (QED) is 0.645. The molecule has 74 valence electrons. The Labute approximate surface area is 82.4 Å². The van der Waals surface area contributed by atoms with E-state index in [1.807, 2.05) is 14.0 Å². The van der Waals surface area contributed by atoms with E-state index >= 15 is 0 Å². The van der Waals surface area contributed by atoms with Gasteiger partial charge in [0.25, 0.3) is 0 Å². The molecule has 14 heavy (non-hydrogen) atoms. The van der Waals surface area contributed by atoms with Gasteiger partial charge in [-0.2, -0.15) is 0 Å². The molecule has 0 radical (unpaired) electrons.